The van der Waals surface area contributed by atoms with Crippen LogP contribution in [0.3, 0.4) is 0 Å². The second-order valence-corrected chi connectivity index (χ2v) is 8.82. The molecule has 2 aliphatic rings. The fourth-order valence-corrected chi connectivity index (χ4v) is 4.95. The molecule has 5 rings (SSSR count). The molecular formula is C21H19F4N5S. The van der Waals surface area contributed by atoms with E-state index in [1.807, 2.05) is 27.6 Å². The number of hydrogen-bond acceptors (Lipinski definition) is 5. The largest absolute Gasteiger partial charge is 0.456 e. The average Bonchev–Trinajstić information content (AvgIpc) is 3.01. The van der Waals surface area contributed by atoms with Crippen LogP contribution in [0, 0.1) is 11.7 Å². The van der Waals surface area contributed by atoms with E-state index in [4.69, 9.17) is 0 Å². The maximum atomic E-state index is 14.8. The number of rotatable bonds is 4. The molecule has 0 amide bonds. The quantitative estimate of drug-likeness (QED) is 0.325. The lowest BCUT2D eigenvalue weighted by Gasteiger charge is -2.40. The molecule has 0 saturated heterocycles. The van der Waals surface area contributed by atoms with Gasteiger partial charge in [0.1, 0.15) is 5.82 Å². The van der Waals surface area contributed by atoms with E-state index in [2.05, 4.69) is 9.97 Å². The van der Waals surface area contributed by atoms with Gasteiger partial charge in [0.05, 0.1) is 18.4 Å². The zero-order valence-electron chi connectivity index (χ0n) is 16.3. The maximum Gasteiger partial charge on any atom is 0.456 e. The molecule has 31 heavy (non-hydrogen) atoms. The van der Waals surface area contributed by atoms with Crippen LogP contribution in [0.1, 0.15) is 17.7 Å². The van der Waals surface area contributed by atoms with Crippen molar-refractivity contribution in [1.82, 2.24) is 18.7 Å². The van der Waals surface area contributed by atoms with E-state index in [-0.39, 0.29) is 42.6 Å². The number of aromatic nitrogens is 3. The molecule has 1 aliphatic heterocycles. The minimum absolute atomic E-state index is 0.0860. The van der Waals surface area contributed by atoms with Crippen LogP contribution in [0.2, 0.25) is 0 Å². The van der Waals surface area contributed by atoms with Gasteiger partial charge in [0.2, 0.25) is 5.78 Å². The third kappa shape index (κ3) is 4.01. The summed E-state index contributed by atoms with van der Waals surface area (Å²) in [4.78, 5) is 10.6. The first-order chi connectivity index (χ1) is 14.9. The van der Waals surface area contributed by atoms with Crippen molar-refractivity contribution in [2.45, 2.75) is 31.1 Å². The highest BCUT2D eigenvalue weighted by atomic mass is 32.2. The van der Waals surface area contributed by atoms with Crippen LogP contribution in [0.5, 0.6) is 0 Å². The first-order valence-electron chi connectivity index (χ1n) is 9.87. The van der Waals surface area contributed by atoms with Crippen LogP contribution in [-0.4, -0.2) is 36.8 Å². The van der Waals surface area contributed by atoms with Gasteiger partial charge in [-0.25, -0.2) is 18.7 Å². The molecule has 0 radical (unpaired) electrons. The van der Waals surface area contributed by atoms with Crippen LogP contribution in [0.4, 0.5) is 23.2 Å². The Balaban J connectivity index is 1.58. The molecule has 10 heteroatoms. The summed E-state index contributed by atoms with van der Waals surface area (Å²) in [5.41, 5.74) is -2.71. The highest BCUT2D eigenvalue weighted by molar-refractivity contribution is 7.97. The van der Waals surface area contributed by atoms with Crippen molar-refractivity contribution in [3.8, 4) is 0 Å². The number of fused-ring (bicyclic) bond motifs is 2. The lowest BCUT2D eigenvalue weighted by Crippen LogP contribution is -2.46. The number of imidazole rings is 1. The van der Waals surface area contributed by atoms with Gasteiger partial charge in [-0.1, -0.05) is 18.2 Å². The van der Waals surface area contributed by atoms with Gasteiger partial charge in [0, 0.05) is 60.6 Å². The number of hydrogen-bond donors (Lipinski definition) is 0. The second kappa shape index (κ2) is 7.83. The molecule has 3 heterocycles. The summed E-state index contributed by atoms with van der Waals surface area (Å²) in [6, 6.07) is 6.25. The van der Waals surface area contributed by atoms with Gasteiger partial charge in [-0.05, 0) is 24.6 Å². The third-order valence-electron chi connectivity index (χ3n) is 5.74. The number of anilines is 1. The Morgan fingerprint density at radius 3 is 2.74 bits per heavy atom. The summed E-state index contributed by atoms with van der Waals surface area (Å²) in [5.74, 6) is 0.129. The summed E-state index contributed by atoms with van der Waals surface area (Å²) in [6.45, 7) is 0.412. The van der Waals surface area contributed by atoms with Crippen molar-refractivity contribution < 1.29 is 17.6 Å². The molecule has 0 bridgehead atoms. The number of benzene rings is 1. The van der Waals surface area contributed by atoms with Crippen molar-refractivity contribution in [3.63, 3.8) is 0 Å². The zero-order valence-corrected chi connectivity index (χ0v) is 17.2. The van der Waals surface area contributed by atoms with Gasteiger partial charge < -0.3 is 4.90 Å². The summed E-state index contributed by atoms with van der Waals surface area (Å²) < 4.78 is 57.6. The molecule has 162 valence electrons. The smallest absolute Gasteiger partial charge is 0.360 e. The Hall–Kier alpha value is -2.59. The van der Waals surface area contributed by atoms with Gasteiger partial charge in [-0.2, -0.15) is 13.2 Å². The Labute approximate surface area is 180 Å². The van der Waals surface area contributed by atoms with Crippen LogP contribution < -0.4 is 4.90 Å². The molecule has 2 unspecified atom stereocenters. The van der Waals surface area contributed by atoms with Crippen LogP contribution in [-0.2, 0) is 13.1 Å². The SMILES string of the molecule is Fc1cccc2c1CN(SC(F)(F)F)CC(C1C=CC1)N2Cc1cnc2ncccn12. The summed E-state index contributed by atoms with van der Waals surface area (Å²) in [6.07, 6.45) is 10.0. The number of allylic oxidation sites excluding steroid dienone is 1. The Morgan fingerprint density at radius 1 is 1.16 bits per heavy atom. The second-order valence-electron chi connectivity index (χ2n) is 7.66. The standard InChI is InChI=1S/C21H19F4N5S/c22-17-6-2-7-18-16(17)12-28(31-21(23,24)25)13-19(14-4-1-5-14)30(18)11-15-10-27-20-26-8-3-9-29(15)20/h1-4,6-10,14,19H,5,11-13H2. The van der Waals surface area contributed by atoms with E-state index >= 15 is 0 Å². The van der Waals surface area contributed by atoms with Crippen LogP contribution in [0.25, 0.3) is 5.78 Å². The molecule has 0 spiro atoms. The first-order valence-corrected chi connectivity index (χ1v) is 10.6. The molecule has 0 saturated carbocycles. The first kappa shape index (κ1) is 20.3. The van der Waals surface area contributed by atoms with Gasteiger partial charge >= 0.3 is 5.51 Å². The number of alkyl halides is 3. The maximum absolute atomic E-state index is 14.8. The van der Waals surface area contributed by atoms with Gasteiger partial charge in [0.15, 0.2) is 0 Å². The van der Waals surface area contributed by atoms with Crippen LogP contribution >= 0.6 is 11.9 Å². The van der Waals surface area contributed by atoms with Crippen molar-refractivity contribution >= 4 is 23.4 Å². The van der Waals surface area contributed by atoms with Gasteiger partial charge in [0.25, 0.3) is 0 Å². The van der Waals surface area contributed by atoms with Gasteiger partial charge in [-0.15, -0.1) is 0 Å². The fraction of sp³-hybridized carbons (Fsp3) is 0.333. The predicted molar refractivity (Wildman–Crippen MR) is 111 cm³/mol. The molecule has 2 aromatic heterocycles. The average molecular weight is 449 g/mol. The molecular weight excluding hydrogens is 430 g/mol. The Kier molecular flexibility index (Phi) is 5.13. The Bertz CT molecular complexity index is 1130. The summed E-state index contributed by atoms with van der Waals surface area (Å²) >= 11 is -0.180. The zero-order chi connectivity index (χ0) is 21.6. The summed E-state index contributed by atoms with van der Waals surface area (Å²) in [7, 11) is 0. The third-order valence-corrected chi connectivity index (χ3v) is 6.49. The lowest BCUT2D eigenvalue weighted by atomic mass is 9.86. The van der Waals surface area contributed by atoms with Crippen molar-refractivity contribution in [1.29, 1.82) is 0 Å². The topological polar surface area (TPSA) is 36.7 Å². The highest BCUT2D eigenvalue weighted by Gasteiger charge is 2.40. The lowest BCUT2D eigenvalue weighted by molar-refractivity contribution is -0.0365. The molecule has 0 N–H and O–H groups in total. The van der Waals surface area contributed by atoms with Crippen LogP contribution in [0.15, 0.2) is 55.0 Å². The highest BCUT2D eigenvalue weighted by Crippen LogP contribution is 2.41. The summed E-state index contributed by atoms with van der Waals surface area (Å²) in [5, 5.41) is 0. The van der Waals surface area contributed by atoms with Gasteiger partial charge in [-0.3, -0.25) is 4.40 Å². The molecule has 5 nitrogen and oxygen atoms in total. The minimum atomic E-state index is -4.44. The monoisotopic (exact) mass is 449 g/mol. The normalized spacial score (nSPS) is 21.7. The van der Waals surface area contributed by atoms with E-state index in [9.17, 15) is 17.6 Å². The predicted octanol–water partition coefficient (Wildman–Crippen LogP) is 4.80. The fourth-order valence-electron chi connectivity index (χ4n) is 4.23. The van der Waals surface area contributed by atoms with Crippen molar-refractivity contribution in [2.75, 3.05) is 11.4 Å². The number of halogens is 4. The molecule has 3 aromatic rings. The molecule has 2 atom stereocenters. The number of nitrogens with zero attached hydrogens (tertiary/aromatic N) is 5. The van der Waals surface area contributed by atoms with Crippen molar-refractivity contribution in [3.05, 3.63) is 72.1 Å². The van der Waals surface area contributed by atoms with E-state index in [1.54, 1.807) is 30.6 Å². The van der Waals surface area contributed by atoms with E-state index in [1.165, 1.54) is 10.4 Å². The molecule has 1 aromatic carbocycles. The van der Waals surface area contributed by atoms with E-state index < -0.39 is 11.3 Å². The van der Waals surface area contributed by atoms with Crippen molar-refractivity contribution in [2.24, 2.45) is 5.92 Å². The molecule has 0 fully saturated rings. The van der Waals surface area contributed by atoms with E-state index in [0.29, 0.717) is 18.0 Å². The minimum Gasteiger partial charge on any atom is -0.360 e. The Morgan fingerprint density at radius 2 is 2.00 bits per heavy atom. The molecule has 1 aliphatic carbocycles. The van der Waals surface area contributed by atoms with E-state index in [0.717, 1.165) is 12.1 Å².